The first kappa shape index (κ1) is 12.8. The summed E-state index contributed by atoms with van der Waals surface area (Å²) in [5, 5.41) is 10.5. The Bertz CT molecular complexity index is 756. The van der Waals surface area contributed by atoms with E-state index in [4.69, 9.17) is 21.4 Å². The van der Waals surface area contributed by atoms with E-state index in [9.17, 15) is 0 Å². The third-order valence-electron chi connectivity index (χ3n) is 2.86. The molecule has 1 N–H and O–H groups in total. The maximum absolute atomic E-state index is 9.17. The number of aliphatic hydroxyl groups is 1. The predicted octanol–water partition coefficient (Wildman–Crippen LogP) is 3.57. The second-order valence-corrected chi connectivity index (χ2v) is 4.57. The van der Waals surface area contributed by atoms with Crippen molar-refractivity contribution < 1.29 is 9.84 Å². The molecule has 0 atom stereocenters. The summed E-state index contributed by atoms with van der Waals surface area (Å²) in [5.41, 5.74) is 1.24. The Morgan fingerprint density at radius 2 is 2.00 bits per heavy atom. The smallest absolute Gasteiger partial charge is 0.219 e. The average Bonchev–Trinajstić information content (AvgIpc) is 2.49. The number of fused-ring (bicyclic) bond motifs is 1. The standard InChI is InChI=1S/C15H11ClN2O2/c16-11-6-7-15(18-13(11)9-19)20-14-5-1-4-12-10(14)3-2-8-17-12/h1-8,19H,9H2. The van der Waals surface area contributed by atoms with Crippen LogP contribution in [0.25, 0.3) is 10.9 Å². The van der Waals surface area contributed by atoms with Crippen LogP contribution in [0.4, 0.5) is 0 Å². The first-order valence-electron chi connectivity index (χ1n) is 6.06. The van der Waals surface area contributed by atoms with Crippen molar-refractivity contribution in [2.24, 2.45) is 0 Å². The van der Waals surface area contributed by atoms with Crippen molar-refractivity contribution in [2.45, 2.75) is 6.61 Å². The molecule has 0 unspecified atom stereocenters. The van der Waals surface area contributed by atoms with Gasteiger partial charge in [-0.3, -0.25) is 4.98 Å². The van der Waals surface area contributed by atoms with Crippen molar-refractivity contribution in [3.05, 3.63) is 59.4 Å². The lowest BCUT2D eigenvalue weighted by Crippen LogP contribution is -1.95. The van der Waals surface area contributed by atoms with E-state index in [1.54, 1.807) is 18.3 Å². The summed E-state index contributed by atoms with van der Waals surface area (Å²) in [7, 11) is 0. The molecule has 0 radical (unpaired) electrons. The van der Waals surface area contributed by atoms with Gasteiger partial charge in [0.1, 0.15) is 5.75 Å². The molecule has 0 saturated carbocycles. The van der Waals surface area contributed by atoms with Crippen molar-refractivity contribution in [3.63, 3.8) is 0 Å². The molecule has 4 nitrogen and oxygen atoms in total. The van der Waals surface area contributed by atoms with E-state index in [0.717, 1.165) is 10.9 Å². The average molecular weight is 287 g/mol. The molecule has 5 heteroatoms. The van der Waals surface area contributed by atoms with Gasteiger partial charge in [-0.2, -0.15) is 0 Å². The molecular formula is C15H11ClN2O2. The molecule has 0 aliphatic carbocycles. The van der Waals surface area contributed by atoms with Crippen molar-refractivity contribution in [1.82, 2.24) is 9.97 Å². The SMILES string of the molecule is OCc1nc(Oc2cccc3ncccc23)ccc1Cl. The van der Waals surface area contributed by atoms with Gasteiger partial charge in [0.15, 0.2) is 0 Å². The van der Waals surface area contributed by atoms with Gasteiger partial charge in [-0.15, -0.1) is 0 Å². The van der Waals surface area contributed by atoms with E-state index in [0.29, 0.717) is 22.3 Å². The van der Waals surface area contributed by atoms with Crippen LogP contribution in [0.3, 0.4) is 0 Å². The largest absolute Gasteiger partial charge is 0.438 e. The number of halogens is 1. The highest BCUT2D eigenvalue weighted by molar-refractivity contribution is 6.31. The number of rotatable bonds is 3. The van der Waals surface area contributed by atoms with Crippen molar-refractivity contribution in [1.29, 1.82) is 0 Å². The first-order chi connectivity index (χ1) is 9.78. The van der Waals surface area contributed by atoms with Gasteiger partial charge < -0.3 is 9.84 Å². The second-order valence-electron chi connectivity index (χ2n) is 4.16. The molecule has 0 spiro atoms. The van der Waals surface area contributed by atoms with Crippen LogP contribution >= 0.6 is 11.6 Å². The number of pyridine rings is 2. The highest BCUT2D eigenvalue weighted by Crippen LogP contribution is 2.29. The molecule has 2 heterocycles. The normalized spacial score (nSPS) is 10.7. The lowest BCUT2D eigenvalue weighted by Gasteiger charge is -2.09. The summed E-state index contributed by atoms with van der Waals surface area (Å²) < 4.78 is 5.77. The molecule has 0 aliphatic rings. The van der Waals surface area contributed by atoms with Crippen LogP contribution in [0.15, 0.2) is 48.7 Å². The molecule has 1 aromatic carbocycles. The Morgan fingerprint density at radius 3 is 2.85 bits per heavy atom. The fraction of sp³-hybridized carbons (Fsp3) is 0.0667. The van der Waals surface area contributed by atoms with E-state index in [-0.39, 0.29) is 6.61 Å². The number of hydrogen-bond donors (Lipinski definition) is 1. The van der Waals surface area contributed by atoms with E-state index < -0.39 is 0 Å². The molecule has 20 heavy (non-hydrogen) atoms. The predicted molar refractivity (Wildman–Crippen MR) is 77.0 cm³/mol. The van der Waals surface area contributed by atoms with Gasteiger partial charge in [-0.1, -0.05) is 17.7 Å². The van der Waals surface area contributed by atoms with Crippen LogP contribution in [-0.2, 0) is 6.61 Å². The molecule has 3 aromatic rings. The van der Waals surface area contributed by atoms with Crippen LogP contribution < -0.4 is 4.74 Å². The molecule has 0 saturated heterocycles. The van der Waals surface area contributed by atoms with Crippen molar-refractivity contribution in [2.75, 3.05) is 0 Å². The van der Waals surface area contributed by atoms with Crippen LogP contribution in [-0.4, -0.2) is 15.1 Å². The second kappa shape index (κ2) is 5.45. The lowest BCUT2D eigenvalue weighted by molar-refractivity contribution is 0.275. The summed E-state index contributed by atoms with van der Waals surface area (Å²) in [6, 6.07) is 12.7. The Morgan fingerprint density at radius 1 is 1.10 bits per heavy atom. The molecule has 0 fully saturated rings. The third-order valence-corrected chi connectivity index (χ3v) is 3.21. The van der Waals surface area contributed by atoms with Crippen molar-refractivity contribution >= 4 is 22.5 Å². The lowest BCUT2D eigenvalue weighted by atomic mass is 10.2. The minimum atomic E-state index is -0.229. The fourth-order valence-electron chi connectivity index (χ4n) is 1.91. The van der Waals surface area contributed by atoms with Crippen LogP contribution in [0.1, 0.15) is 5.69 Å². The molecule has 3 rings (SSSR count). The van der Waals surface area contributed by atoms with Gasteiger partial charge in [-0.25, -0.2) is 4.98 Å². The summed E-state index contributed by atoms with van der Waals surface area (Å²) in [5.74, 6) is 1.05. The molecule has 100 valence electrons. The maximum atomic E-state index is 9.17. The van der Waals surface area contributed by atoms with Crippen LogP contribution in [0.2, 0.25) is 5.02 Å². The van der Waals surface area contributed by atoms with Crippen LogP contribution in [0, 0.1) is 0 Å². The fourth-order valence-corrected chi connectivity index (χ4v) is 2.07. The van der Waals surface area contributed by atoms with E-state index in [2.05, 4.69) is 9.97 Å². The summed E-state index contributed by atoms with van der Waals surface area (Å²) in [6.07, 6.45) is 1.73. The van der Waals surface area contributed by atoms with E-state index in [1.807, 2.05) is 30.3 Å². The number of hydrogen-bond acceptors (Lipinski definition) is 4. The summed E-state index contributed by atoms with van der Waals surface area (Å²) in [6.45, 7) is -0.229. The molecule has 0 bridgehead atoms. The van der Waals surface area contributed by atoms with Gasteiger partial charge in [-0.05, 0) is 30.3 Å². The van der Waals surface area contributed by atoms with Gasteiger partial charge in [0.05, 0.1) is 22.8 Å². The Labute approximate surface area is 120 Å². The summed E-state index contributed by atoms with van der Waals surface area (Å²) >= 11 is 5.91. The zero-order chi connectivity index (χ0) is 13.9. The zero-order valence-corrected chi connectivity index (χ0v) is 11.2. The molecule has 2 aromatic heterocycles. The number of aromatic nitrogens is 2. The highest BCUT2D eigenvalue weighted by atomic mass is 35.5. The minimum Gasteiger partial charge on any atom is -0.438 e. The van der Waals surface area contributed by atoms with Crippen LogP contribution in [0.5, 0.6) is 11.6 Å². The number of nitrogens with zero attached hydrogens (tertiary/aromatic N) is 2. The Balaban J connectivity index is 2.01. The minimum absolute atomic E-state index is 0.229. The summed E-state index contributed by atoms with van der Waals surface area (Å²) in [4.78, 5) is 8.44. The van der Waals surface area contributed by atoms with Gasteiger partial charge in [0.2, 0.25) is 5.88 Å². The highest BCUT2D eigenvalue weighted by Gasteiger charge is 2.07. The Hall–Kier alpha value is -2.17. The number of benzene rings is 1. The Kier molecular flexibility index (Phi) is 3.50. The third kappa shape index (κ3) is 2.43. The monoisotopic (exact) mass is 286 g/mol. The van der Waals surface area contributed by atoms with Gasteiger partial charge in [0, 0.05) is 17.6 Å². The topological polar surface area (TPSA) is 55.2 Å². The molecular weight excluding hydrogens is 276 g/mol. The number of ether oxygens (including phenoxy) is 1. The van der Waals surface area contributed by atoms with Crippen molar-refractivity contribution in [3.8, 4) is 11.6 Å². The zero-order valence-electron chi connectivity index (χ0n) is 10.5. The quantitative estimate of drug-likeness (QED) is 0.800. The maximum Gasteiger partial charge on any atom is 0.219 e. The molecule has 0 amide bonds. The van der Waals surface area contributed by atoms with Gasteiger partial charge >= 0.3 is 0 Å². The van der Waals surface area contributed by atoms with E-state index in [1.165, 1.54) is 0 Å². The first-order valence-corrected chi connectivity index (χ1v) is 6.43. The van der Waals surface area contributed by atoms with Gasteiger partial charge in [0.25, 0.3) is 0 Å². The van der Waals surface area contributed by atoms with E-state index >= 15 is 0 Å². The number of aliphatic hydroxyl groups excluding tert-OH is 1. The molecule has 0 aliphatic heterocycles.